The van der Waals surface area contributed by atoms with E-state index in [1.54, 1.807) is 11.8 Å². The summed E-state index contributed by atoms with van der Waals surface area (Å²) in [4.78, 5) is 15.9. The van der Waals surface area contributed by atoms with Gasteiger partial charge in [-0.25, -0.2) is 0 Å². The number of aryl methyl sites for hydroxylation is 1. The summed E-state index contributed by atoms with van der Waals surface area (Å²) in [6.07, 6.45) is 6.52. The van der Waals surface area contributed by atoms with Crippen molar-refractivity contribution in [3.05, 3.63) is 30.5 Å². The van der Waals surface area contributed by atoms with Gasteiger partial charge < -0.3 is 14.2 Å². The summed E-state index contributed by atoms with van der Waals surface area (Å²) >= 11 is 1.67. The molecule has 25 heavy (non-hydrogen) atoms. The summed E-state index contributed by atoms with van der Waals surface area (Å²) in [5, 5.41) is 1.25. The smallest absolute Gasteiger partial charge is 0.232 e. The van der Waals surface area contributed by atoms with Gasteiger partial charge in [0.15, 0.2) is 0 Å². The van der Waals surface area contributed by atoms with Gasteiger partial charge in [-0.1, -0.05) is 18.2 Å². The van der Waals surface area contributed by atoms with Gasteiger partial charge in [0, 0.05) is 48.2 Å². The quantitative estimate of drug-likeness (QED) is 0.777. The highest BCUT2D eigenvalue weighted by atomic mass is 32.2. The molecule has 0 bridgehead atoms. The lowest BCUT2D eigenvalue weighted by Crippen LogP contribution is -2.46. The third-order valence-electron chi connectivity index (χ3n) is 5.66. The maximum Gasteiger partial charge on any atom is 0.232 e. The average Bonchev–Trinajstić information content (AvgIpc) is 3.25. The van der Waals surface area contributed by atoms with E-state index in [-0.39, 0.29) is 11.5 Å². The highest BCUT2D eigenvalue weighted by Crippen LogP contribution is 2.36. The second kappa shape index (κ2) is 7.04. The Kier molecular flexibility index (Phi) is 4.78. The number of hydrogen-bond donors (Lipinski definition) is 0. The molecule has 1 spiro atoms. The number of hydrogen-bond acceptors (Lipinski definition) is 3. The number of carbonyl (C=O) groups is 1. The van der Waals surface area contributed by atoms with E-state index < -0.39 is 0 Å². The number of amides is 1. The lowest BCUT2D eigenvalue weighted by molar-refractivity contribution is -0.133. The number of ether oxygens (including phenoxy) is 1. The van der Waals surface area contributed by atoms with Crippen LogP contribution in [0.5, 0.6) is 0 Å². The van der Waals surface area contributed by atoms with Crippen molar-refractivity contribution in [1.82, 2.24) is 9.47 Å². The fraction of sp³-hybridized carbons (Fsp3) is 0.550. The Morgan fingerprint density at radius 1 is 1.24 bits per heavy atom. The average molecular weight is 359 g/mol. The molecule has 134 valence electrons. The molecule has 3 heterocycles. The second-order valence-electron chi connectivity index (χ2n) is 7.10. The van der Waals surface area contributed by atoms with Gasteiger partial charge >= 0.3 is 0 Å². The zero-order chi connectivity index (χ0) is 17.3. The summed E-state index contributed by atoms with van der Waals surface area (Å²) < 4.78 is 8.21. The Balaban J connectivity index is 1.38. The van der Waals surface area contributed by atoms with E-state index in [1.165, 1.54) is 28.6 Å². The van der Waals surface area contributed by atoms with Crippen LogP contribution in [0.1, 0.15) is 32.6 Å². The van der Waals surface area contributed by atoms with Crippen LogP contribution < -0.4 is 0 Å². The van der Waals surface area contributed by atoms with Gasteiger partial charge in [0.1, 0.15) is 0 Å². The third kappa shape index (κ3) is 3.32. The number of aromatic nitrogens is 1. The normalized spacial score (nSPS) is 19.8. The molecule has 0 N–H and O–H groups in total. The monoisotopic (exact) mass is 358 g/mol. The molecule has 4 nitrogen and oxygen atoms in total. The first kappa shape index (κ1) is 17.0. The molecule has 0 radical (unpaired) electrons. The molecule has 5 heteroatoms. The standard InChI is InChI=1S/C20H26N2O2S/c1-2-21-14-18(16-6-3-4-7-17(16)21)25-15-19(23)22-11-9-20(10-12-22)8-5-13-24-20/h3-4,6-7,14H,2,5,8-13,15H2,1H3. The lowest BCUT2D eigenvalue weighted by atomic mass is 9.89. The van der Waals surface area contributed by atoms with E-state index in [2.05, 4.69) is 42.0 Å². The number of fused-ring (bicyclic) bond motifs is 1. The summed E-state index contributed by atoms with van der Waals surface area (Å²) in [7, 11) is 0. The van der Waals surface area contributed by atoms with Crippen LogP contribution in [0.25, 0.3) is 10.9 Å². The van der Waals surface area contributed by atoms with Gasteiger partial charge in [-0.15, -0.1) is 11.8 Å². The molecule has 0 saturated carbocycles. The van der Waals surface area contributed by atoms with Gasteiger partial charge in [0.25, 0.3) is 0 Å². The fourth-order valence-electron chi connectivity index (χ4n) is 4.13. The molecule has 0 aliphatic carbocycles. The number of benzene rings is 1. The van der Waals surface area contributed by atoms with E-state index in [4.69, 9.17) is 4.74 Å². The Morgan fingerprint density at radius 3 is 2.76 bits per heavy atom. The zero-order valence-corrected chi connectivity index (χ0v) is 15.7. The van der Waals surface area contributed by atoms with Crippen LogP contribution in [0, 0.1) is 0 Å². The van der Waals surface area contributed by atoms with Gasteiger partial charge in [-0.3, -0.25) is 4.79 Å². The van der Waals surface area contributed by atoms with Crippen molar-refractivity contribution < 1.29 is 9.53 Å². The molecule has 2 aliphatic heterocycles. The first-order chi connectivity index (χ1) is 12.2. The van der Waals surface area contributed by atoms with Crippen LogP contribution in [0.2, 0.25) is 0 Å². The van der Waals surface area contributed by atoms with Crippen molar-refractivity contribution in [1.29, 1.82) is 0 Å². The molecule has 1 aromatic carbocycles. The Morgan fingerprint density at radius 2 is 2.04 bits per heavy atom. The summed E-state index contributed by atoms with van der Waals surface area (Å²) in [5.41, 5.74) is 1.33. The van der Waals surface area contributed by atoms with Crippen LogP contribution in [-0.4, -0.2) is 46.4 Å². The number of para-hydroxylation sites is 1. The Bertz CT molecular complexity index is 754. The largest absolute Gasteiger partial charge is 0.375 e. The second-order valence-corrected chi connectivity index (χ2v) is 8.12. The molecule has 0 unspecified atom stereocenters. The van der Waals surface area contributed by atoms with Gasteiger partial charge in [-0.05, 0) is 38.7 Å². The molecule has 2 fully saturated rings. The molecular formula is C20H26N2O2S. The minimum Gasteiger partial charge on any atom is -0.375 e. The molecule has 4 rings (SSSR count). The number of likely N-dealkylation sites (tertiary alicyclic amines) is 1. The molecule has 2 aromatic rings. The summed E-state index contributed by atoms with van der Waals surface area (Å²) in [6, 6.07) is 8.44. The fourth-order valence-corrected chi connectivity index (χ4v) is 5.13. The Hall–Kier alpha value is -1.46. The van der Waals surface area contributed by atoms with E-state index in [0.717, 1.165) is 39.1 Å². The number of piperidine rings is 1. The predicted molar refractivity (Wildman–Crippen MR) is 102 cm³/mol. The van der Waals surface area contributed by atoms with Crippen molar-refractivity contribution in [3.8, 4) is 0 Å². The van der Waals surface area contributed by atoms with Gasteiger partial charge in [0.05, 0.1) is 11.4 Å². The molecule has 2 aliphatic rings. The SMILES string of the molecule is CCn1cc(SCC(=O)N2CCC3(CCCO3)CC2)c2ccccc21. The maximum atomic E-state index is 12.6. The number of rotatable bonds is 4. The predicted octanol–water partition coefficient (Wildman–Crippen LogP) is 3.92. The van der Waals surface area contributed by atoms with Crippen molar-refractivity contribution in [2.45, 2.75) is 49.6 Å². The number of nitrogens with zero attached hydrogens (tertiary/aromatic N) is 2. The van der Waals surface area contributed by atoms with Crippen LogP contribution in [0.3, 0.4) is 0 Å². The first-order valence-corrected chi connectivity index (χ1v) is 10.3. The van der Waals surface area contributed by atoms with Crippen molar-refractivity contribution in [3.63, 3.8) is 0 Å². The van der Waals surface area contributed by atoms with E-state index >= 15 is 0 Å². The minimum atomic E-state index is 0.0818. The molecule has 0 atom stereocenters. The Labute approximate surface area is 153 Å². The first-order valence-electron chi connectivity index (χ1n) is 9.33. The van der Waals surface area contributed by atoms with Crippen LogP contribution in [0.4, 0.5) is 0 Å². The van der Waals surface area contributed by atoms with Crippen molar-refractivity contribution in [2.24, 2.45) is 0 Å². The van der Waals surface area contributed by atoms with E-state index in [1.807, 2.05) is 4.90 Å². The molecular weight excluding hydrogens is 332 g/mol. The summed E-state index contributed by atoms with van der Waals surface area (Å²) in [5.74, 6) is 0.775. The summed E-state index contributed by atoms with van der Waals surface area (Å²) in [6.45, 7) is 5.68. The van der Waals surface area contributed by atoms with E-state index in [9.17, 15) is 4.79 Å². The third-order valence-corrected chi connectivity index (χ3v) is 6.68. The number of carbonyl (C=O) groups excluding carboxylic acids is 1. The molecule has 2 saturated heterocycles. The van der Waals surface area contributed by atoms with Crippen LogP contribution >= 0.6 is 11.8 Å². The van der Waals surface area contributed by atoms with Crippen molar-refractivity contribution >= 4 is 28.6 Å². The lowest BCUT2D eigenvalue weighted by Gasteiger charge is -2.38. The highest BCUT2D eigenvalue weighted by molar-refractivity contribution is 8.00. The van der Waals surface area contributed by atoms with Crippen LogP contribution in [-0.2, 0) is 16.1 Å². The highest BCUT2D eigenvalue weighted by Gasteiger charge is 2.39. The molecule has 1 amide bonds. The maximum absolute atomic E-state index is 12.6. The molecule has 1 aromatic heterocycles. The topological polar surface area (TPSA) is 34.5 Å². The number of thioether (sulfide) groups is 1. The van der Waals surface area contributed by atoms with Crippen molar-refractivity contribution in [2.75, 3.05) is 25.4 Å². The van der Waals surface area contributed by atoms with Gasteiger partial charge in [0.2, 0.25) is 5.91 Å². The minimum absolute atomic E-state index is 0.0818. The van der Waals surface area contributed by atoms with E-state index in [0.29, 0.717) is 5.75 Å². The van der Waals surface area contributed by atoms with Gasteiger partial charge in [-0.2, -0.15) is 0 Å². The zero-order valence-electron chi connectivity index (χ0n) is 14.9. The van der Waals surface area contributed by atoms with Crippen LogP contribution in [0.15, 0.2) is 35.4 Å².